The van der Waals surface area contributed by atoms with Crippen LogP contribution in [0.1, 0.15) is 29.3 Å². The van der Waals surface area contributed by atoms with E-state index in [-0.39, 0.29) is 11.7 Å². The van der Waals surface area contributed by atoms with Crippen molar-refractivity contribution >= 4 is 16.8 Å². The van der Waals surface area contributed by atoms with Crippen LogP contribution in [-0.4, -0.2) is 34.7 Å². The Hall–Kier alpha value is -3.67. The van der Waals surface area contributed by atoms with Gasteiger partial charge in [0.25, 0.3) is 5.91 Å². The van der Waals surface area contributed by atoms with Gasteiger partial charge in [-0.25, -0.2) is 4.39 Å². The van der Waals surface area contributed by atoms with Gasteiger partial charge >= 0.3 is 0 Å². The molecule has 0 fully saturated rings. The van der Waals surface area contributed by atoms with Crippen molar-refractivity contribution in [2.45, 2.75) is 19.9 Å². The van der Waals surface area contributed by atoms with Crippen molar-refractivity contribution in [3.05, 3.63) is 83.8 Å². The van der Waals surface area contributed by atoms with Crippen LogP contribution in [0.4, 0.5) is 4.39 Å². The van der Waals surface area contributed by atoms with Crippen LogP contribution in [-0.2, 0) is 6.54 Å². The molecule has 1 heterocycles. The lowest BCUT2D eigenvalue weighted by Gasteiger charge is -2.19. The predicted molar refractivity (Wildman–Crippen MR) is 120 cm³/mol. The van der Waals surface area contributed by atoms with Crippen molar-refractivity contribution in [1.29, 1.82) is 0 Å². The third kappa shape index (κ3) is 4.43. The lowest BCUT2D eigenvalue weighted by molar-refractivity contribution is 0.0785. The largest absolute Gasteiger partial charge is 0.493 e. The molecule has 0 saturated heterocycles. The SMILES string of the molecule is CCCOc1cc(C(=O)N(C)Cc2cccc3cn[nH]c23)ccc1-c1cccc(F)c1. The van der Waals surface area contributed by atoms with Gasteiger partial charge in [-0.3, -0.25) is 9.89 Å². The van der Waals surface area contributed by atoms with Gasteiger partial charge in [0.2, 0.25) is 0 Å². The fraction of sp³-hybridized carbons (Fsp3) is 0.200. The maximum atomic E-state index is 13.7. The van der Waals surface area contributed by atoms with Crippen LogP contribution in [0.25, 0.3) is 22.0 Å². The highest BCUT2D eigenvalue weighted by Crippen LogP contribution is 2.32. The zero-order chi connectivity index (χ0) is 21.8. The van der Waals surface area contributed by atoms with Crippen LogP contribution in [0.15, 0.2) is 66.9 Å². The van der Waals surface area contributed by atoms with Crippen LogP contribution in [0.5, 0.6) is 5.75 Å². The minimum absolute atomic E-state index is 0.122. The highest BCUT2D eigenvalue weighted by Gasteiger charge is 2.17. The Morgan fingerprint density at radius 3 is 2.77 bits per heavy atom. The molecule has 3 aromatic carbocycles. The minimum Gasteiger partial charge on any atom is -0.493 e. The molecule has 0 aliphatic heterocycles. The fourth-order valence-electron chi connectivity index (χ4n) is 3.59. The van der Waals surface area contributed by atoms with E-state index < -0.39 is 0 Å². The number of hydrogen-bond acceptors (Lipinski definition) is 3. The number of para-hydroxylation sites is 1. The monoisotopic (exact) mass is 417 g/mol. The van der Waals surface area contributed by atoms with Crippen molar-refractivity contribution in [1.82, 2.24) is 15.1 Å². The normalized spacial score (nSPS) is 10.9. The van der Waals surface area contributed by atoms with Gasteiger partial charge in [-0.15, -0.1) is 0 Å². The summed E-state index contributed by atoms with van der Waals surface area (Å²) in [4.78, 5) is 14.8. The first-order valence-electron chi connectivity index (χ1n) is 10.3. The summed E-state index contributed by atoms with van der Waals surface area (Å²) >= 11 is 0. The second-order valence-corrected chi connectivity index (χ2v) is 7.48. The molecule has 158 valence electrons. The Morgan fingerprint density at radius 1 is 1.13 bits per heavy atom. The maximum absolute atomic E-state index is 13.7. The van der Waals surface area contributed by atoms with Gasteiger partial charge in [-0.1, -0.05) is 37.3 Å². The number of carbonyl (C=O) groups excluding carboxylic acids is 1. The number of benzene rings is 3. The summed E-state index contributed by atoms with van der Waals surface area (Å²) in [6.07, 6.45) is 2.60. The lowest BCUT2D eigenvalue weighted by atomic mass is 10.0. The second-order valence-electron chi connectivity index (χ2n) is 7.48. The molecule has 5 nitrogen and oxygen atoms in total. The molecule has 1 amide bonds. The summed E-state index contributed by atoms with van der Waals surface area (Å²) in [5.74, 6) is 0.137. The number of hydrogen-bond donors (Lipinski definition) is 1. The molecular formula is C25H24FN3O2. The van der Waals surface area contributed by atoms with E-state index in [4.69, 9.17) is 4.74 Å². The van der Waals surface area contributed by atoms with Crippen LogP contribution in [0.2, 0.25) is 0 Å². The van der Waals surface area contributed by atoms with Crippen molar-refractivity contribution in [2.24, 2.45) is 0 Å². The van der Waals surface area contributed by atoms with E-state index in [2.05, 4.69) is 10.2 Å². The van der Waals surface area contributed by atoms with E-state index in [1.165, 1.54) is 12.1 Å². The van der Waals surface area contributed by atoms with E-state index in [0.717, 1.165) is 28.5 Å². The number of fused-ring (bicyclic) bond motifs is 1. The Bertz CT molecular complexity index is 1220. The first kappa shape index (κ1) is 20.6. The quantitative estimate of drug-likeness (QED) is 0.436. The number of rotatable bonds is 7. The number of halogens is 1. The van der Waals surface area contributed by atoms with E-state index in [9.17, 15) is 9.18 Å². The molecule has 0 saturated carbocycles. The maximum Gasteiger partial charge on any atom is 0.254 e. The summed E-state index contributed by atoms with van der Waals surface area (Å²) in [6.45, 7) is 2.97. The molecule has 0 spiro atoms. The zero-order valence-corrected chi connectivity index (χ0v) is 17.6. The summed E-state index contributed by atoms with van der Waals surface area (Å²) in [7, 11) is 1.77. The lowest BCUT2D eigenvalue weighted by Crippen LogP contribution is -2.26. The topological polar surface area (TPSA) is 58.2 Å². The van der Waals surface area contributed by atoms with Crippen molar-refractivity contribution in [3.8, 4) is 16.9 Å². The van der Waals surface area contributed by atoms with Gasteiger partial charge in [-0.2, -0.15) is 5.10 Å². The average molecular weight is 417 g/mol. The Labute approximate surface area is 180 Å². The average Bonchev–Trinajstić information content (AvgIpc) is 3.27. The molecule has 4 rings (SSSR count). The summed E-state index contributed by atoms with van der Waals surface area (Å²) in [5, 5.41) is 8.09. The molecule has 31 heavy (non-hydrogen) atoms. The first-order valence-corrected chi connectivity index (χ1v) is 10.3. The number of H-pyrrole nitrogens is 1. The van der Waals surface area contributed by atoms with Gasteiger partial charge in [0.15, 0.2) is 0 Å². The molecule has 6 heteroatoms. The minimum atomic E-state index is -0.313. The number of nitrogens with one attached hydrogen (secondary N) is 1. The van der Waals surface area contributed by atoms with Crippen LogP contribution >= 0.6 is 0 Å². The number of nitrogens with zero attached hydrogens (tertiary/aromatic N) is 2. The number of amides is 1. The summed E-state index contributed by atoms with van der Waals surface area (Å²) in [6, 6.07) is 17.6. The standard InChI is InChI=1S/C25H24FN3O2/c1-3-12-31-23-14-18(10-11-22(23)17-6-5-9-21(26)13-17)25(30)29(2)16-20-8-4-7-19-15-27-28-24(19)20/h4-11,13-15H,3,12,16H2,1-2H3,(H,27,28). The van der Waals surface area contributed by atoms with Gasteiger partial charge in [0.05, 0.1) is 18.3 Å². The van der Waals surface area contributed by atoms with Crippen LogP contribution in [0, 0.1) is 5.82 Å². The Kier molecular flexibility index (Phi) is 5.98. The van der Waals surface area contributed by atoms with Crippen LogP contribution in [0.3, 0.4) is 0 Å². The Balaban J connectivity index is 1.62. The van der Waals surface area contributed by atoms with Gasteiger partial charge in [-0.05, 0) is 47.9 Å². The van der Waals surface area contributed by atoms with E-state index in [0.29, 0.717) is 30.0 Å². The molecule has 0 aliphatic carbocycles. The molecular weight excluding hydrogens is 393 g/mol. The zero-order valence-electron chi connectivity index (χ0n) is 17.6. The third-order valence-electron chi connectivity index (χ3n) is 5.14. The molecule has 0 atom stereocenters. The number of aromatic nitrogens is 2. The second kappa shape index (κ2) is 9.00. The summed E-state index contributed by atoms with van der Waals surface area (Å²) in [5.41, 5.74) is 3.91. The van der Waals surface area contributed by atoms with Crippen molar-refractivity contribution in [2.75, 3.05) is 13.7 Å². The van der Waals surface area contributed by atoms with E-state index in [1.807, 2.05) is 37.3 Å². The molecule has 0 unspecified atom stereocenters. The van der Waals surface area contributed by atoms with Crippen LogP contribution < -0.4 is 4.74 Å². The molecule has 0 bridgehead atoms. The molecule has 1 N–H and O–H groups in total. The molecule has 1 aromatic heterocycles. The smallest absolute Gasteiger partial charge is 0.254 e. The summed E-state index contributed by atoms with van der Waals surface area (Å²) < 4.78 is 19.6. The Morgan fingerprint density at radius 2 is 1.97 bits per heavy atom. The van der Waals surface area contributed by atoms with Crippen molar-refractivity contribution < 1.29 is 13.9 Å². The van der Waals surface area contributed by atoms with Gasteiger partial charge in [0.1, 0.15) is 11.6 Å². The molecule has 0 radical (unpaired) electrons. The van der Waals surface area contributed by atoms with E-state index >= 15 is 0 Å². The van der Waals surface area contributed by atoms with Gasteiger partial charge in [0, 0.05) is 30.1 Å². The molecule has 4 aromatic rings. The molecule has 0 aliphatic rings. The highest BCUT2D eigenvalue weighted by atomic mass is 19.1. The third-order valence-corrected chi connectivity index (χ3v) is 5.14. The predicted octanol–water partition coefficient (Wildman–Crippen LogP) is 5.43. The number of carbonyl (C=O) groups is 1. The number of ether oxygens (including phenoxy) is 1. The van der Waals surface area contributed by atoms with Gasteiger partial charge < -0.3 is 9.64 Å². The number of aromatic amines is 1. The fourth-order valence-corrected chi connectivity index (χ4v) is 3.59. The van der Waals surface area contributed by atoms with E-state index in [1.54, 1.807) is 36.3 Å². The highest BCUT2D eigenvalue weighted by molar-refractivity contribution is 5.95. The van der Waals surface area contributed by atoms with Crippen molar-refractivity contribution in [3.63, 3.8) is 0 Å². The first-order chi connectivity index (χ1) is 15.1.